The van der Waals surface area contributed by atoms with Crippen molar-refractivity contribution in [3.63, 3.8) is 0 Å². The van der Waals surface area contributed by atoms with Crippen LogP contribution >= 0.6 is 0 Å². The molecule has 2 aromatic carbocycles. The van der Waals surface area contributed by atoms with Gasteiger partial charge in [-0.2, -0.15) is 0 Å². The molecule has 144 valence electrons. The Morgan fingerprint density at radius 1 is 0.857 bits per heavy atom. The molecule has 0 fully saturated rings. The number of Topliss-reactive ketones (excluding diaryl/α,β-unsaturated/α-hetero) is 1. The van der Waals surface area contributed by atoms with Gasteiger partial charge in [-0.05, 0) is 23.3 Å². The molecule has 2 unspecified atom stereocenters. The molecule has 0 aliphatic rings. The average molecular weight is 380 g/mol. The first-order valence-electron chi connectivity index (χ1n) is 8.56. The number of hydrogen-bond acceptors (Lipinski definition) is 5. The van der Waals surface area contributed by atoms with Gasteiger partial charge in [-0.3, -0.25) is 25.0 Å². The van der Waals surface area contributed by atoms with Crippen LogP contribution < -0.4 is 0 Å². The van der Waals surface area contributed by atoms with Crippen molar-refractivity contribution in [3.05, 3.63) is 92.0 Å². The summed E-state index contributed by atoms with van der Waals surface area (Å²) in [6.07, 6.45) is 2.77. The standard InChI is InChI=1S/C21H20N2O5/c1-5-15-7-9-17(11-19(15)22(25)26)13(3)21(24)14(4)18-10-8-16(6-2)20(12-18)23(27)28/h5-14H,1-2H2,3-4H3. The normalized spacial score (nSPS) is 12.6. The molecule has 0 spiro atoms. The lowest BCUT2D eigenvalue weighted by atomic mass is 9.85. The Labute approximate surface area is 162 Å². The highest BCUT2D eigenvalue weighted by Gasteiger charge is 2.26. The fourth-order valence-electron chi connectivity index (χ4n) is 3.03. The van der Waals surface area contributed by atoms with Crippen molar-refractivity contribution in [2.75, 3.05) is 0 Å². The molecule has 0 saturated heterocycles. The van der Waals surface area contributed by atoms with Gasteiger partial charge in [0.1, 0.15) is 5.78 Å². The van der Waals surface area contributed by atoms with Gasteiger partial charge in [-0.25, -0.2) is 0 Å². The van der Waals surface area contributed by atoms with E-state index in [9.17, 15) is 25.0 Å². The van der Waals surface area contributed by atoms with E-state index in [1.54, 1.807) is 38.1 Å². The van der Waals surface area contributed by atoms with Crippen molar-refractivity contribution in [1.29, 1.82) is 0 Å². The third-order valence-electron chi connectivity index (χ3n) is 4.80. The Hall–Kier alpha value is -3.61. The molecule has 2 atom stereocenters. The largest absolute Gasteiger partial charge is 0.298 e. The lowest BCUT2D eigenvalue weighted by Crippen LogP contribution is -2.17. The molecule has 28 heavy (non-hydrogen) atoms. The molecule has 0 bridgehead atoms. The fraction of sp³-hybridized carbons (Fsp3) is 0.190. The van der Waals surface area contributed by atoms with E-state index >= 15 is 0 Å². The summed E-state index contributed by atoms with van der Waals surface area (Å²) in [5, 5.41) is 22.5. The minimum atomic E-state index is -0.620. The van der Waals surface area contributed by atoms with E-state index in [1.807, 2.05) is 0 Å². The van der Waals surface area contributed by atoms with E-state index in [0.717, 1.165) is 0 Å². The number of nitro benzene ring substituents is 2. The van der Waals surface area contributed by atoms with Crippen LogP contribution in [0.5, 0.6) is 0 Å². The van der Waals surface area contributed by atoms with Crippen molar-refractivity contribution in [2.24, 2.45) is 0 Å². The lowest BCUT2D eigenvalue weighted by molar-refractivity contribution is -0.385. The van der Waals surface area contributed by atoms with Gasteiger partial charge < -0.3 is 0 Å². The maximum Gasteiger partial charge on any atom is 0.276 e. The molecular formula is C21H20N2O5. The van der Waals surface area contributed by atoms with Gasteiger partial charge in [0.25, 0.3) is 11.4 Å². The number of benzene rings is 2. The van der Waals surface area contributed by atoms with Crippen LogP contribution in [0.1, 0.15) is 47.9 Å². The molecule has 0 N–H and O–H groups in total. The van der Waals surface area contributed by atoms with Crippen LogP contribution in [0, 0.1) is 20.2 Å². The van der Waals surface area contributed by atoms with Crippen molar-refractivity contribution in [2.45, 2.75) is 25.7 Å². The first-order chi connectivity index (χ1) is 13.2. The van der Waals surface area contributed by atoms with Gasteiger partial charge in [-0.1, -0.05) is 51.3 Å². The van der Waals surface area contributed by atoms with Gasteiger partial charge in [0.2, 0.25) is 0 Å². The van der Waals surface area contributed by atoms with E-state index < -0.39 is 21.7 Å². The quantitative estimate of drug-likeness (QED) is 0.459. The lowest BCUT2D eigenvalue weighted by Gasteiger charge is -2.17. The summed E-state index contributed by atoms with van der Waals surface area (Å²) < 4.78 is 0. The molecule has 2 rings (SSSR count). The molecule has 0 amide bonds. The van der Waals surface area contributed by atoms with Gasteiger partial charge >= 0.3 is 0 Å². The van der Waals surface area contributed by atoms with E-state index in [-0.39, 0.29) is 17.2 Å². The van der Waals surface area contributed by atoms with Crippen LogP contribution in [-0.4, -0.2) is 15.6 Å². The van der Waals surface area contributed by atoms with Crippen LogP contribution in [0.4, 0.5) is 11.4 Å². The SMILES string of the molecule is C=Cc1ccc(C(C)C(=O)C(C)c2ccc(C=C)c([N+](=O)[O-])c2)cc1[N+](=O)[O-]. The van der Waals surface area contributed by atoms with Crippen LogP contribution in [0.15, 0.2) is 49.6 Å². The van der Waals surface area contributed by atoms with Gasteiger partial charge in [0, 0.05) is 24.0 Å². The number of ketones is 1. The highest BCUT2D eigenvalue weighted by molar-refractivity contribution is 5.91. The second kappa shape index (κ2) is 8.39. The average Bonchev–Trinajstić information content (AvgIpc) is 2.70. The Morgan fingerprint density at radius 2 is 1.21 bits per heavy atom. The topological polar surface area (TPSA) is 103 Å². The third kappa shape index (κ3) is 4.03. The zero-order valence-corrected chi connectivity index (χ0v) is 15.6. The zero-order valence-electron chi connectivity index (χ0n) is 15.6. The molecule has 7 nitrogen and oxygen atoms in total. The number of hydrogen-bond donors (Lipinski definition) is 0. The number of nitro groups is 2. The minimum Gasteiger partial charge on any atom is -0.298 e. The first-order valence-corrected chi connectivity index (χ1v) is 8.56. The third-order valence-corrected chi connectivity index (χ3v) is 4.80. The van der Waals surface area contributed by atoms with Crippen molar-refractivity contribution >= 4 is 29.3 Å². The molecule has 0 saturated carbocycles. The molecule has 7 heteroatoms. The summed E-state index contributed by atoms with van der Waals surface area (Å²) >= 11 is 0. The number of carbonyl (C=O) groups is 1. The fourth-order valence-corrected chi connectivity index (χ4v) is 3.03. The second-order valence-electron chi connectivity index (χ2n) is 6.40. The van der Waals surface area contributed by atoms with E-state index in [4.69, 9.17) is 0 Å². The van der Waals surface area contributed by atoms with E-state index in [0.29, 0.717) is 22.3 Å². The molecule has 0 heterocycles. The van der Waals surface area contributed by atoms with Gasteiger partial charge in [0.15, 0.2) is 0 Å². The smallest absolute Gasteiger partial charge is 0.276 e. The predicted octanol–water partition coefficient (Wildman–Crippen LogP) is 5.27. The van der Waals surface area contributed by atoms with E-state index in [1.165, 1.54) is 24.3 Å². The minimum absolute atomic E-state index is 0.120. The zero-order chi connectivity index (χ0) is 21.0. The van der Waals surface area contributed by atoms with Gasteiger partial charge in [-0.15, -0.1) is 0 Å². The molecule has 0 aromatic heterocycles. The summed E-state index contributed by atoms with van der Waals surface area (Å²) in [7, 11) is 0. The first kappa shape index (κ1) is 20.7. The summed E-state index contributed by atoms with van der Waals surface area (Å²) in [6.45, 7) is 10.4. The van der Waals surface area contributed by atoms with Crippen LogP contribution in [0.2, 0.25) is 0 Å². The number of rotatable bonds is 8. The number of nitrogens with zero attached hydrogens (tertiary/aromatic N) is 2. The molecule has 0 aliphatic carbocycles. The van der Waals surface area contributed by atoms with E-state index in [2.05, 4.69) is 13.2 Å². The highest BCUT2D eigenvalue weighted by atomic mass is 16.6. The summed E-state index contributed by atoms with van der Waals surface area (Å²) in [6, 6.07) is 9.16. The Morgan fingerprint density at radius 3 is 1.50 bits per heavy atom. The summed E-state index contributed by atoms with van der Waals surface area (Å²) in [5.74, 6) is -1.43. The van der Waals surface area contributed by atoms with Crippen LogP contribution in [-0.2, 0) is 4.79 Å². The Bertz CT molecular complexity index is 903. The van der Waals surface area contributed by atoms with Crippen molar-refractivity contribution in [3.8, 4) is 0 Å². The predicted molar refractivity (Wildman–Crippen MR) is 108 cm³/mol. The number of carbonyl (C=O) groups excluding carboxylic acids is 1. The Kier molecular flexibility index (Phi) is 6.20. The molecule has 0 aliphatic heterocycles. The summed E-state index contributed by atoms with van der Waals surface area (Å²) in [4.78, 5) is 34.4. The van der Waals surface area contributed by atoms with Crippen molar-refractivity contribution in [1.82, 2.24) is 0 Å². The highest BCUT2D eigenvalue weighted by Crippen LogP contribution is 2.32. The maximum atomic E-state index is 12.9. The summed E-state index contributed by atoms with van der Waals surface area (Å²) in [5.41, 5.74) is 1.52. The van der Waals surface area contributed by atoms with Gasteiger partial charge in [0.05, 0.1) is 21.0 Å². The van der Waals surface area contributed by atoms with Crippen LogP contribution in [0.3, 0.4) is 0 Å². The van der Waals surface area contributed by atoms with Crippen LogP contribution in [0.25, 0.3) is 12.2 Å². The van der Waals surface area contributed by atoms with Crippen molar-refractivity contribution < 1.29 is 14.6 Å². The molecule has 0 radical (unpaired) electrons. The molecular weight excluding hydrogens is 360 g/mol. The second-order valence-corrected chi connectivity index (χ2v) is 6.40. The Balaban J connectivity index is 2.38. The maximum absolute atomic E-state index is 12.9. The monoisotopic (exact) mass is 380 g/mol. The molecule has 2 aromatic rings.